The molecule has 198 valence electrons. The van der Waals surface area contributed by atoms with E-state index in [-0.39, 0.29) is 35.5 Å². The van der Waals surface area contributed by atoms with Crippen molar-refractivity contribution in [2.24, 2.45) is 5.92 Å². The van der Waals surface area contributed by atoms with Crippen LogP contribution in [0, 0.1) is 17.6 Å². The number of nitrogens with zero attached hydrogens (tertiary/aromatic N) is 1. The van der Waals surface area contributed by atoms with Gasteiger partial charge in [0.15, 0.2) is 0 Å². The van der Waals surface area contributed by atoms with E-state index in [9.17, 15) is 18.4 Å². The van der Waals surface area contributed by atoms with Crippen LogP contribution in [0.3, 0.4) is 0 Å². The number of nitrogens with one attached hydrogen (secondary N) is 1. The molecule has 1 N–H and O–H groups in total. The Hall–Kier alpha value is -2.96. The summed E-state index contributed by atoms with van der Waals surface area (Å²) in [6.07, 6.45) is 2.21. The third kappa shape index (κ3) is 10.3. The molecule has 0 fully saturated rings. The van der Waals surface area contributed by atoms with Crippen molar-refractivity contribution in [3.63, 3.8) is 0 Å². The molecule has 0 bridgehead atoms. The highest BCUT2D eigenvalue weighted by Crippen LogP contribution is 2.29. The second kappa shape index (κ2) is 14.0. The first-order chi connectivity index (χ1) is 17.0. The predicted molar refractivity (Wildman–Crippen MR) is 139 cm³/mol. The second-order valence-electron chi connectivity index (χ2n) is 10.3. The molecule has 1 atom stereocenters. The van der Waals surface area contributed by atoms with Gasteiger partial charge in [-0.05, 0) is 88.3 Å². The average molecular weight is 503 g/mol. The molecule has 0 spiro atoms. The Morgan fingerprint density at radius 3 is 1.94 bits per heavy atom. The van der Waals surface area contributed by atoms with Crippen molar-refractivity contribution in [3.05, 3.63) is 71.3 Å². The van der Waals surface area contributed by atoms with Gasteiger partial charge in [-0.1, -0.05) is 31.2 Å². The molecule has 0 aromatic heterocycles. The Balaban J connectivity index is 1.80. The lowest BCUT2D eigenvalue weighted by Gasteiger charge is -2.27. The van der Waals surface area contributed by atoms with Crippen LogP contribution in [0.5, 0.6) is 0 Å². The number of hydrogen-bond acceptors (Lipinski definition) is 3. The van der Waals surface area contributed by atoms with E-state index < -0.39 is 5.60 Å². The number of halogens is 2. The van der Waals surface area contributed by atoms with Gasteiger partial charge in [0, 0.05) is 32.0 Å². The summed E-state index contributed by atoms with van der Waals surface area (Å²) in [6.45, 7) is 11.0. The molecule has 2 amide bonds. The van der Waals surface area contributed by atoms with Crippen molar-refractivity contribution in [2.45, 2.75) is 71.8 Å². The highest BCUT2D eigenvalue weighted by molar-refractivity contribution is 5.76. The molecule has 7 heteroatoms. The van der Waals surface area contributed by atoms with Crippen LogP contribution in [0.15, 0.2) is 48.5 Å². The van der Waals surface area contributed by atoms with Crippen molar-refractivity contribution in [1.29, 1.82) is 0 Å². The molecule has 0 aliphatic heterocycles. The highest BCUT2D eigenvalue weighted by Gasteiger charge is 2.22. The summed E-state index contributed by atoms with van der Waals surface area (Å²) in [7, 11) is 0. The lowest BCUT2D eigenvalue weighted by molar-refractivity contribution is -0.121. The topological polar surface area (TPSA) is 58.6 Å². The van der Waals surface area contributed by atoms with E-state index in [2.05, 4.69) is 5.32 Å². The molecule has 2 aromatic carbocycles. The summed E-state index contributed by atoms with van der Waals surface area (Å²) in [5, 5.41) is 2.98. The molecule has 36 heavy (non-hydrogen) atoms. The minimum atomic E-state index is -0.539. The molecule has 0 saturated heterocycles. The zero-order valence-corrected chi connectivity index (χ0v) is 22.2. The average Bonchev–Trinajstić information content (AvgIpc) is 2.80. The van der Waals surface area contributed by atoms with Gasteiger partial charge < -0.3 is 15.0 Å². The van der Waals surface area contributed by atoms with E-state index in [4.69, 9.17) is 4.74 Å². The van der Waals surface area contributed by atoms with E-state index in [0.29, 0.717) is 32.5 Å². The van der Waals surface area contributed by atoms with E-state index in [1.807, 2.05) is 34.6 Å². The van der Waals surface area contributed by atoms with Crippen LogP contribution in [0.1, 0.15) is 77.3 Å². The SMILES string of the molecule is CCN(CC[C@H](C)CC(=O)NCCCC(c1ccc(F)cc1)c1ccc(F)cc1)C(=O)OC(C)(C)C. The first-order valence-electron chi connectivity index (χ1n) is 12.7. The fourth-order valence-electron chi connectivity index (χ4n) is 4.02. The molecule has 0 radical (unpaired) electrons. The van der Waals surface area contributed by atoms with Gasteiger partial charge in [0.25, 0.3) is 0 Å². The van der Waals surface area contributed by atoms with Gasteiger partial charge in [-0.2, -0.15) is 0 Å². The first kappa shape index (κ1) is 29.3. The maximum absolute atomic E-state index is 13.4. The summed E-state index contributed by atoms with van der Waals surface area (Å²) in [5.74, 6) is -0.525. The lowest BCUT2D eigenvalue weighted by atomic mass is 9.87. The number of benzene rings is 2. The predicted octanol–water partition coefficient (Wildman–Crippen LogP) is 6.67. The molecule has 0 aliphatic carbocycles. The van der Waals surface area contributed by atoms with Crippen molar-refractivity contribution in [3.8, 4) is 0 Å². The Labute approximate surface area is 214 Å². The number of rotatable bonds is 12. The normalized spacial score (nSPS) is 12.3. The van der Waals surface area contributed by atoms with Crippen molar-refractivity contribution >= 4 is 12.0 Å². The zero-order chi connectivity index (χ0) is 26.7. The smallest absolute Gasteiger partial charge is 0.410 e. The molecular formula is C29H40F2N2O3. The minimum Gasteiger partial charge on any atom is -0.444 e. The molecular weight excluding hydrogens is 462 g/mol. The third-order valence-electron chi connectivity index (χ3n) is 6.00. The standard InChI is InChI=1S/C29H40F2N2O3/c1-6-33(28(35)36-29(3,4)5)19-17-21(2)20-27(34)32-18-7-8-26(22-9-13-24(30)14-10-22)23-11-15-25(31)16-12-23/h9-16,21,26H,6-8,17-20H2,1-5H3,(H,32,34)/t21-/m0/s1. The van der Waals surface area contributed by atoms with Crippen LogP contribution in [0.25, 0.3) is 0 Å². The fourth-order valence-corrected chi connectivity index (χ4v) is 4.02. The fraction of sp³-hybridized carbons (Fsp3) is 0.517. The lowest BCUT2D eigenvalue weighted by Crippen LogP contribution is -2.38. The Morgan fingerprint density at radius 2 is 1.47 bits per heavy atom. The second-order valence-corrected chi connectivity index (χ2v) is 10.3. The summed E-state index contributed by atoms with van der Waals surface area (Å²) < 4.78 is 32.2. The highest BCUT2D eigenvalue weighted by atomic mass is 19.1. The van der Waals surface area contributed by atoms with Crippen LogP contribution in [0.2, 0.25) is 0 Å². The number of carbonyl (C=O) groups excluding carboxylic acids is 2. The van der Waals surface area contributed by atoms with Gasteiger partial charge in [-0.15, -0.1) is 0 Å². The van der Waals surface area contributed by atoms with E-state index in [1.165, 1.54) is 24.3 Å². The zero-order valence-electron chi connectivity index (χ0n) is 22.2. The van der Waals surface area contributed by atoms with Gasteiger partial charge in [0.1, 0.15) is 17.2 Å². The van der Waals surface area contributed by atoms with Crippen LogP contribution >= 0.6 is 0 Å². The van der Waals surface area contributed by atoms with Crippen LogP contribution in [-0.4, -0.2) is 42.1 Å². The van der Waals surface area contributed by atoms with Crippen LogP contribution in [0.4, 0.5) is 13.6 Å². The molecule has 2 rings (SSSR count). The van der Waals surface area contributed by atoms with Crippen molar-refractivity contribution < 1.29 is 23.1 Å². The molecule has 5 nitrogen and oxygen atoms in total. The molecule has 0 unspecified atom stereocenters. The van der Waals surface area contributed by atoms with Crippen LogP contribution < -0.4 is 5.32 Å². The molecule has 2 aromatic rings. The Morgan fingerprint density at radius 1 is 0.944 bits per heavy atom. The number of amides is 2. The van der Waals surface area contributed by atoms with Gasteiger partial charge in [0.2, 0.25) is 5.91 Å². The van der Waals surface area contributed by atoms with E-state index >= 15 is 0 Å². The van der Waals surface area contributed by atoms with Crippen molar-refractivity contribution in [1.82, 2.24) is 10.2 Å². The number of ether oxygens (including phenoxy) is 1. The summed E-state index contributed by atoms with van der Waals surface area (Å²) >= 11 is 0. The first-order valence-corrected chi connectivity index (χ1v) is 12.7. The number of carbonyl (C=O) groups is 2. The van der Waals surface area contributed by atoms with Gasteiger partial charge in [-0.3, -0.25) is 4.79 Å². The Bertz CT molecular complexity index is 910. The van der Waals surface area contributed by atoms with Gasteiger partial charge in [-0.25, -0.2) is 13.6 Å². The van der Waals surface area contributed by atoms with E-state index in [0.717, 1.165) is 24.0 Å². The van der Waals surface area contributed by atoms with E-state index in [1.54, 1.807) is 29.2 Å². The molecule has 0 aliphatic rings. The molecule has 0 saturated carbocycles. The summed E-state index contributed by atoms with van der Waals surface area (Å²) in [5.41, 5.74) is 1.37. The molecule has 0 heterocycles. The monoisotopic (exact) mass is 502 g/mol. The minimum absolute atomic E-state index is 0.0186. The van der Waals surface area contributed by atoms with Gasteiger partial charge >= 0.3 is 6.09 Å². The summed E-state index contributed by atoms with van der Waals surface area (Å²) in [6, 6.07) is 12.7. The van der Waals surface area contributed by atoms with Crippen LogP contribution in [-0.2, 0) is 9.53 Å². The Kier molecular flexibility index (Phi) is 11.3. The maximum Gasteiger partial charge on any atom is 0.410 e. The largest absolute Gasteiger partial charge is 0.444 e. The van der Waals surface area contributed by atoms with Gasteiger partial charge in [0.05, 0.1) is 0 Å². The number of hydrogen-bond donors (Lipinski definition) is 1. The summed E-state index contributed by atoms with van der Waals surface area (Å²) in [4.78, 5) is 26.4. The maximum atomic E-state index is 13.4. The third-order valence-corrected chi connectivity index (χ3v) is 6.00. The quantitative estimate of drug-likeness (QED) is 0.330. The van der Waals surface area contributed by atoms with Crippen molar-refractivity contribution in [2.75, 3.05) is 19.6 Å².